The smallest absolute Gasteiger partial charge is 0.248 e. The van der Waals surface area contributed by atoms with Gasteiger partial charge in [0.15, 0.2) is 0 Å². The number of nitrogens with one attached hydrogen (secondary N) is 1. The number of carbonyl (C=O) groups excluding carboxylic acids is 1. The van der Waals surface area contributed by atoms with E-state index in [1.54, 1.807) is 10.7 Å². The van der Waals surface area contributed by atoms with Crippen LogP contribution >= 0.6 is 0 Å². The summed E-state index contributed by atoms with van der Waals surface area (Å²) in [7, 11) is 0. The number of hydrogen-bond donors (Lipinski definition) is 2. The fourth-order valence-corrected chi connectivity index (χ4v) is 2.16. The third kappa shape index (κ3) is 2.82. The summed E-state index contributed by atoms with van der Waals surface area (Å²) in [6, 6.07) is 7.05. The molecule has 0 aliphatic rings. The Balaban J connectivity index is 2.19. The number of nitrogens with two attached hydrogens (primary N) is 1. The van der Waals surface area contributed by atoms with Crippen LogP contribution in [0.25, 0.3) is 0 Å². The van der Waals surface area contributed by atoms with Gasteiger partial charge in [0.05, 0.1) is 5.69 Å². The first-order valence-electron chi connectivity index (χ1n) is 6.58. The molecule has 20 heavy (non-hydrogen) atoms. The average molecular weight is 272 g/mol. The van der Waals surface area contributed by atoms with Gasteiger partial charge in [0.25, 0.3) is 0 Å². The summed E-state index contributed by atoms with van der Waals surface area (Å²) in [5, 5.41) is 7.25. The number of aryl methyl sites for hydroxylation is 3. The van der Waals surface area contributed by atoms with Crippen LogP contribution in [0.3, 0.4) is 0 Å². The summed E-state index contributed by atoms with van der Waals surface area (Å²) in [5.41, 5.74) is 9.97. The van der Waals surface area contributed by atoms with Crippen LogP contribution in [-0.4, -0.2) is 15.7 Å². The molecule has 0 saturated carbocycles. The number of rotatable bonds is 3. The van der Waals surface area contributed by atoms with E-state index in [2.05, 4.69) is 10.4 Å². The predicted octanol–water partition coefficient (Wildman–Crippen LogP) is 2.59. The molecule has 3 N–H and O–H groups in total. The van der Waals surface area contributed by atoms with E-state index in [0.29, 0.717) is 5.69 Å². The summed E-state index contributed by atoms with van der Waals surface area (Å²) in [6.07, 6.45) is 0. The van der Waals surface area contributed by atoms with Crippen LogP contribution in [0.2, 0.25) is 0 Å². The highest BCUT2D eigenvalue weighted by molar-refractivity contribution is 5.94. The molecular formula is C15H20N4O. The second kappa shape index (κ2) is 5.36. The van der Waals surface area contributed by atoms with E-state index in [1.807, 2.05) is 45.9 Å². The van der Waals surface area contributed by atoms with Crippen LogP contribution in [0.1, 0.15) is 29.9 Å². The molecule has 0 saturated heterocycles. The Hall–Kier alpha value is -2.30. The second-order valence-electron chi connectivity index (χ2n) is 5.11. The molecule has 0 bridgehead atoms. The van der Waals surface area contributed by atoms with E-state index in [-0.39, 0.29) is 11.9 Å². The monoisotopic (exact) mass is 272 g/mol. The minimum Gasteiger partial charge on any atom is -0.399 e. The molecule has 2 rings (SSSR count). The molecule has 0 aliphatic heterocycles. The Morgan fingerprint density at radius 1 is 1.30 bits per heavy atom. The van der Waals surface area contributed by atoms with E-state index in [1.165, 1.54) is 0 Å². The molecular weight excluding hydrogens is 252 g/mol. The predicted molar refractivity (Wildman–Crippen MR) is 80.6 cm³/mol. The zero-order chi connectivity index (χ0) is 14.9. The maximum atomic E-state index is 12.3. The van der Waals surface area contributed by atoms with Gasteiger partial charge in [0.1, 0.15) is 6.04 Å². The number of benzene rings is 1. The number of nitrogens with zero attached hydrogens (tertiary/aromatic N) is 2. The summed E-state index contributed by atoms with van der Waals surface area (Å²) in [5.74, 6) is -0.107. The van der Waals surface area contributed by atoms with Crippen LogP contribution in [0, 0.1) is 20.8 Å². The zero-order valence-corrected chi connectivity index (χ0v) is 12.3. The van der Waals surface area contributed by atoms with Crippen molar-refractivity contribution in [3.8, 4) is 0 Å². The number of anilines is 2. The normalized spacial score (nSPS) is 12.2. The van der Waals surface area contributed by atoms with E-state index in [0.717, 1.165) is 22.6 Å². The molecule has 5 heteroatoms. The summed E-state index contributed by atoms with van der Waals surface area (Å²) in [6.45, 7) is 7.62. The molecule has 106 valence electrons. The second-order valence-corrected chi connectivity index (χ2v) is 5.11. The van der Waals surface area contributed by atoms with Gasteiger partial charge in [0, 0.05) is 17.1 Å². The van der Waals surface area contributed by atoms with Crippen LogP contribution < -0.4 is 11.1 Å². The Kier molecular flexibility index (Phi) is 3.79. The van der Waals surface area contributed by atoms with Crippen molar-refractivity contribution in [1.29, 1.82) is 0 Å². The number of nitrogen functional groups attached to an aromatic ring is 1. The number of aromatic nitrogens is 2. The standard InChI is InChI=1S/C15H20N4O/c1-9-5-6-13(16)8-14(9)17-15(20)12(4)19-11(3)7-10(2)18-19/h5-8,12H,16H2,1-4H3,(H,17,20). The summed E-state index contributed by atoms with van der Waals surface area (Å²) in [4.78, 5) is 12.3. The first kappa shape index (κ1) is 14.1. The van der Waals surface area contributed by atoms with Gasteiger partial charge in [-0.2, -0.15) is 5.10 Å². The van der Waals surface area contributed by atoms with Gasteiger partial charge in [-0.15, -0.1) is 0 Å². The molecule has 5 nitrogen and oxygen atoms in total. The summed E-state index contributed by atoms with van der Waals surface area (Å²) < 4.78 is 1.73. The molecule has 1 amide bonds. The number of carbonyl (C=O) groups is 1. The number of hydrogen-bond acceptors (Lipinski definition) is 3. The van der Waals surface area contributed by atoms with Crippen molar-refractivity contribution >= 4 is 17.3 Å². The lowest BCUT2D eigenvalue weighted by molar-refractivity contribution is -0.119. The van der Waals surface area contributed by atoms with Crippen molar-refractivity contribution in [1.82, 2.24) is 9.78 Å². The lowest BCUT2D eigenvalue weighted by atomic mass is 10.1. The molecule has 1 unspecified atom stereocenters. The topological polar surface area (TPSA) is 72.9 Å². The highest BCUT2D eigenvalue weighted by atomic mass is 16.2. The minimum atomic E-state index is -0.371. The molecule has 2 aromatic rings. The molecule has 1 aromatic heterocycles. The molecule has 1 heterocycles. The van der Waals surface area contributed by atoms with Crippen molar-refractivity contribution in [2.75, 3.05) is 11.1 Å². The van der Waals surface area contributed by atoms with Gasteiger partial charge in [-0.1, -0.05) is 6.07 Å². The molecule has 0 radical (unpaired) electrons. The van der Waals surface area contributed by atoms with E-state index >= 15 is 0 Å². The Morgan fingerprint density at radius 3 is 2.60 bits per heavy atom. The third-order valence-corrected chi connectivity index (χ3v) is 3.31. The third-order valence-electron chi connectivity index (χ3n) is 3.31. The maximum absolute atomic E-state index is 12.3. The minimum absolute atomic E-state index is 0.107. The van der Waals surface area contributed by atoms with Gasteiger partial charge in [0.2, 0.25) is 5.91 Å². The van der Waals surface area contributed by atoms with Crippen LogP contribution in [-0.2, 0) is 4.79 Å². The fourth-order valence-electron chi connectivity index (χ4n) is 2.16. The van der Waals surface area contributed by atoms with Crippen molar-refractivity contribution in [3.63, 3.8) is 0 Å². The highest BCUT2D eigenvalue weighted by Crippen LogP contribution is 2.20. The quantitative estimate of drug-likeness (QED) is 0.843. The van der Waals surface area contributed by atoms with Crippen LogP contribution in [0.5, 0.6) is 0 Å². The van der Waals surface area contributed by atoms with Gasteiger partial charge in [-0.3, -0.25) is 9.48 Å². The summed E-state index contributed by atoms with van der Waals surface area (Å²) >= 11 is 0. The molecule has 0 spiro atoms. The van der Waals surface area contributed by atoms with Crippen molar-refractivity contribution in [2.45, 2.75) is 33.7 Å². The van der Waals surface area contributed by atoms with Gasteiger partial charge in [-0.05, 0) is 51.5 Å². The Labute approximate surface area is 118 Å². The fraction of sp³-hybridized carbons (Fsp3) is 0.333. The van der Waals surface area contributed by atoms with Crippen molar-refractivity contribution < 1.29 is 4.79 Å². The largest absolute Gasteiger partial charge is 0.399 e. The van der Waals surface area contributed by atoms with Gasteiger partial charge < -0.3 is 11.1 Å². The first-order chi connectivity index (χ1) is 9.38. The van der Waals surface area contributed by atoms with Gasteiger partial charge in [-0.25, -0.2) is 0 Å². The van der Waals surface area contributed by atoms with Crippen LogP contribution in [0.4, 0.5) is 11.4 Å². The zero-order valence-electron chi connectivity index (χ0n) is 12.3. The maximum Gasteiger partial charge on any atom is 0.248 e. The lowest BCUT2D eigenvalue weighted by Gasteiger charge is -2.16. The first-order valence-corrected chi connectivity index (χ1v) is 6.58. The van der Waals surface area contributed by atoms with E-state index in [9.17, 15) is 4.79 Å². The van der Waals surface area contributed by atoms with E-state index in [4.69, 9.17) is 5.73 Å². The van der Waals surface area contributed by atoms with Crippen molar-refractivity contribution in [3.05, 3.63) is 41.2 Å². The molecule has 0 fully saturated rings. The van der Waals surface area contributed by atoms with Crippen LogP contribution in [0.15, 0.2) is 24.3 Å². The van der Waals surface area contributed by atoms with E-state index < -0.39 is 0 Å². The Bertz CT molecular complexity index is 645. The molecule has 1 aromatic carbocycles. The molecule has 0 aliphatic carbocycles. The SMILES string of the molecule is Cc1cc(C)n(C(C)C(=O)Nc2cc(N)ccc2C)n1. The Morgan fingerprint density at radius 2 is 2.00 bits per heavy atom. The van der Waals surface area contributed by atoms with Gasteiger partial charge >= 0.3 is 0 Å². The molecule has 1 atom stereocenters. The van der Waals surface area contributed by atoms with Crippen molar-refractivity contribution in [2.24, 2.45) is 0 Å². The average Bonchev–Trinajstić information content (AvgIpc) is 2.72. The highest BCUT2D eigenvalue weighted by Gasteiger charge is 2.18. The lowest BCUT2D eigenvalue weighted by Crippen LogP contribution is -2.25. The number of amides is 1.